The number of hydrogen-bond acceptors (Lipinski definition) is 1. The topological polar surface area (TPSA) is 29.1 Å². The van der Waals surface area contributed by atoms with Gasteiger partial charge >= 0.3 is 0 Å². The fraction of sp³-hybridized carbons (Fsp3) is 0.133. The standard InChI is InChI=1S/C15H12ClNO/c16-12-7-5-10(6-8-12)15-13-4-2-1-3-11(13)9-14(18)17-15/h1-8,15H,9H2,(H,17,18)/t15-/m1/s1. The molecule has 0 aromatic heterocycles. The number of halogens is 1. The molecular weight excluding hydrogens is 246 g/mol. The summed E-state index contributed by atoms with van der Waals surface area (Å²) in [6.45, 7) is 0. The zero-order chi connectivity index (χ0) is 12.5. The Morgan fingerprint density at radius 2 is 1.78 bits per heavy atom. The fourth-order valence-corrected chi connectivity index (χ4v) is 2.48. The molecule has 1 aliphatic rings. The van der Waals surface area contributed by atoms with Gasteiger partial charge in [0.25, 0.3) is 0 Å². The molecule has 0 saturated heterocycles. The van der Waals surface area contributed by atoms with E-state index in [1.807, 2.05) is 42.5 Å². The van der Waals surface area contributed by atoms with Gasteiger partial charge in [0.15, 0.2) is 0 Å². The molecule has 2 aromatic carbocycles. The van der Waals surface area contributed by atoms with Crippen molar-refractivity contribution in [2.24, 2.45) is 0 Å². The minimum atomic E-state index is -0.0697. The summed E-state index contributed by atoms with van der Waals surface area (Å²) in [4.78, 5) is 11.7. The molecule has 90 valence electrons. The lowest BCUT2D eigenvalue weighted by atomic mass is 9.90. The molecule has 1 amide bonds. The number of rotatable bonds is 1. The smallest absolute Gasteiger partial charge is 0.225 e. The maximum absolute atomic E-state index is 11.7. The van der Waals surface area contributed by atoms with Gasteiger partial charge in [0.2, 0.25) is 5.91 Å². The summed E-state index contributed by atoms with van der Waals surface area (Å²) in [7, 11) is 0. The first-order valence-electron chi connectivity index (χ1n) is 5.86. The molecule has 0 saturated carbocycles. The van der Waals surface area contributed by atoms with E-state index in [0.717, 1.165) is 11.1 Å². The first kappa shape index (κ1) is 11.3. The molecule has 0 bridgehead atoms. The Morgan fingerprint density at radius 3 is 2.56 bits per heavy atom. The molecule has 0 radical (unpaired) electrons. The first-order valence-corrected chi connectivity index (χ1v) is 6.24. The van der Waals surface area contributed by atoms with Crippen LogP contribution in [-0.2, 0) is 11.2 Å². The van der Waals surface area contributed by atoms with Crippen LogP contribution in [0.25, 0.3) is 0 Å². The molecule has 1 aliphatic heterocycles. The van der Waals surface area contributed by atoms with E-state index in [1.54, 1.807) is 0 Å². The number of amides is 1. The molecule has 1 atom stereocenters. The van der Waals surface area contributed by atoms with Gasteiger partial charge in [0.05, 0.1) is 12.5 Å². The Bertz CT molecular complexity index is 592. The van der Waals surface area contributed by atoms with Gasteiger partial charge in [-0.05, 0) is 28.8 Å². The van der Waals surface area contributed by atoms with Crippen molar-refractivity contribution in [3.63, 3.8) is 0 Å². The molecule has 1 heterocycles. The molecular formula is C15H12ClNO. The summed E-state index contributed by atoms with van der Waals surface area (Å²) in [6, 6.07) is 15.6. The third-order valence-electron chi connectivity index (χ3n) is 3.23. The van der Waals surface area contributed by atoms with Gasteiger partial charge in [-0.15, -0.1) is 0 Å². The van der Waals surface area contributed by atoms with Crippen molar-refractivity contribution in [1.29, 1.82) is 0 Å². The highest BCUT2D eigenvalue weighted by molar-refractivity contribution is 6.30. The van der Waals surface area contributed by atoms with Crippen molar-refractivity contribution in [1.82, 2.24) is 5.32 Å². The van der Waals surface area contributed by atoms with Crippen LogP contribution in [0, 0.1) is 0 Å². The van der Waals surface area contributed by atoms with Crippen molar-refractivity contribution in [2.75, 3.05) is 0 Å². The van der Waals surface area contributed by atoms with Crippen LogP contribution in [0.2, 0.25) is 5.02 Å². The van der Waals surface area contributed by atoms with Gasteiger partial charge in [-0.25, -0.2) is 0 Å². The Morgan fingerprint density at radius 1 is 1.06 bits per heavy atom. The van der Waals surface area contributed by atoms with E-state index in [1.165, 1.54) is 5.56 Å². The van der Waals surface area contributed by atoms with Gasteiger partial charge in [-0.3, -0.25) is 4.79 Å². The summed E-state index contributed by atoms with van der Waals surface area (Å²) < 4.78 is 0. The van der Waals surface area contributed by atoms with Crippen molar-refractivity contribution in [2.45, 2.75) is 12.5 Å². The van der Waals surface area contributed by atoms with Crippen molar-refractivity contribution in [3.05, 3.63) is 70.2 Å². The summed E-state index contributed by atoms with van der Waals surface area (Å²) in [5.74, 6) is 0.0636. The molecule has 0 aliphatic carbocycles. The molecule has 3 rings (SSSR count). The van der Waals surface area contributed by atoms with Crippen LogP contribution in [-0.4, -0.2) is 5.91 Å². The van der Waals surface area contributed by atoms with Crippen LogP contribution in [0.15, 0.2) is 48.5 Å². The van der Waals surface area contributed by atoms with Gasteiger partial charge in [0, 0.05) is 5.02 Å². The second-order valence-corrected chi connectivity index (χ2v) is 4.86. The first-order chi connectivity index (χ1) is 8.74. The summed E-state index contributed by atoms with van der Waals surface area (Å²) in [6.07, 6.45) is 0.459. The zero-order valence-corrected chi connectivity index (χ0v) is 10.4. The third kappa shape index (κ3) is 2.00. The monoisotopic (exact) mass is 257 g/mol. The summed E-state index contributed by atoms with van der Waals surface area (Å²) in [5.41, 5.74) is 3.32. The Balaban J connectivity index is 2.07. The number of carbonyl (C=O) groups excluding carboxylic acids is 1. The largest absolute Gasteiger partial charge is 0.345 e. The van der Waals surface area contributed by atoms with Crippen LogP contribution in [0.1, 0.15) is 22.7 Å². The van der Waals surface area contributed by atoms with Gasteiger partial charge in [-0.2, -0.15) is 0 Å². The molecule has 0 spiro atoms. The van der Waals surface area contributed by atoms with E-state index >= 15 is 0 Å². The normalized spacial score (nSPS) is 18.1. The van der Waals surface area contributed by atoms with E-state index in [-0.39, 0.29) is 11.9 Å². The maximum atomic E-state index is 11.7. The van der Waals surface area contributed by atoms with Gasteiger partial charge in [-0.1, -0.05) is 48.0 Å². The van der Waals surface area contributed by atoms with Crippen LogP contribution >= 0.6 is 11.6 Å². The Labute approximate surface area is 111 Å². The highest BCUT2D eigenvalue weighted by Gasteiger charge is 2.24. The van der Waals surface area contributed by atoms with E-state index in [2.05, 4.69) is 11.4 Å². The highest BCUT2D eigenvalue weighted by Crippen LogP contribution is 2.29. The maximum Gasteiger partial charge on any atom is 0.225 e. The summed E-state index contributed by atoms with van der Waals surface area (Å²) >= 11 is 5.89. The van der Waals surface area contributed by atoms with E-state index in [0.29, 0.717) is 11.4 Å². The lowest BCUT2D eigenvalue weighted by Crippen LogP contribution is -2.35. The second-order valence-electron chi connectivity index (χ2n) is 4.43. The summed E-state index contributed by atoms with van der Waals surface area (Å²) in [5, 5.41) is 3.73. The average Bonchev–Trinajstić information content (AvgIpc) is 2.38. The molecule has 1 N–H and O–H groups in total. The number of carbonyl (C=O) groups is 1. The van der Waals surface area contributed by atoms with Crippen molar-refractivity contribution >= 4 is 17.5 Å². The minimum Gasteiger partial charge on any atom is -0.345 e. The zero-order valence-electron chi connectivity index (χ0n) is 9.69. The molecule has 0 unspecified atom stereocenters. The van der Waals surface area contributed by atoms with Crippen LogP contribution in [0.4, 0.5) is 0 Å². The lowest BCUT2D eigenvalue weighted by molar-refractivity contribution is -0.121. The lowest BCUT2D eigenvalue weighted by Gasteiger charge is -2.27. The van der Waals surface area contributed by atoms with Crippen molar-refractivity contribution in [3.8, 4) is 0 Å². The minimum absolute atomic E-state index is 0.0636. The SMILES string of the molecule is O=C1Cc2ccccc2[C@@H](c2ccc(Cl)cc2)N1. The number of hydrogen-bond donors (Lipinski definition) is 1. The molecule has 18 heavy (non-hydrogen) atoms. The van der Waals surface area contributed by atoms with Crippen LogP contribution in [0.3, 0.4) is 0 Å². The number of nitrogens with one attached hydrogen (secondary N) is 1. The number of fused-ring (bicyclic) bond motifs is 1. The molecule has 0 fully saturated rings. The molecule has 3 heteroatoms. The van der Waals surface area contributed by atoms with E-state index in [4.69, 9.17) is 11.6 Å². The predicted octanol–water partition coefficient (Wildman–Crippen LogP) is 3.10. The van der Waals surface area contributed by atoms with Gasteiger partial charge in [0.1, 0.15) is 0 Å². The molecule has 2 aromatic rings. The van der Waals surface area contributed by atoms with Crippen LogP contribution < -0.4 is 5.32 Å². The highest BCUT2D eigenvalue weighted by atomic mass is 35.5. The average molecular weight is 258 g/mol. The predicted molar refractivity (Wildman–Crippen MR) is 71.6 cm³/mol. The Hall–Kier alpha value is -1.80. The quantitative estimate of drug-likeness (QED) is 0.836. The third-order valence-corrected chi connectivity index (χ3v) is 3.48. The van der Waals surface area contributed by atoms with Crippen LogP contribution in [0.5, 0.6) is 0 Å². The van der Waals surface area contributed by atoms with Crippen molar-refractivity contribution < 1.29 is 4.79 Å². The van der Waals surface area contributed by atoms with E-state index in [9.17, 15) is 4.79 Å². The second kappa shape index (κ2) is 4.46. The molecule has 2 nitrogen and oxygen atoms in total. The Kier molecular flexibility index (Phi) is 2.80. The fourth-order valence-electron chi connectivity index (χ4n) is 2.36. The number of benzene rings is 2. The van der Waals surface area contributed by atoms with E-state index < -0.39 is 0 Å². The van der Waals surface area contributed by atoms with Gasteiger partial charge < -0.3 is 5.32 Å².